The Labute approximate surface area is 162 Å². The van der Waals surface area contributed by atoms with Gasteiger partial charge < -0.3 is 10.2 Å². The second-order valence-electron chi connectivity index (χ2n) is 5.80. The molecule has 1 amide bonds. The molecule has 0 aliphatic rings. The molecule has 0 saturated heterocycles. The normalized spacial score (nSPS) is 11.2. The van der Waals surface area contributed by atoms with Gasteiger partial charge in [0, 0.05) is 44.3 Å². The largest absolute Gasteiger partial charge is 0.363 e. The average molecular weight is 441 g/mol. The number of aromatic nitrogens is 1. The van der Waals surface area contributed by atoms with Gasteiger partial charge in [-0.3, -0.25) is 4.79 Å². The van der Waals surface area contributed by atoms with Gasteiger partial charge in [0.25, 0.3) is 0 Å². The molecule has 2 aromatic rings. The van der Waals surface area contributed by atoms with E-state index in [1.165, 1.54) is 12.1 Å². The zero-order chi connectivity index (χ0) is 19.2. The van der Waals surface area contributed by atoms with Crippen molar-refractivity contribution >= 4 is 37.7 Å². The third-order valence-corrected chi connectivity index (χ3v) is 5.53. The number of nitrogens with one attached hydrogen (secondary N) is 2. The molecule has 2 N–H and O–H groups in total. The van der Waals surface area contributed by atoms with E-state index in [4.69, 9.17) is 0 Å². The van der Waals surface area contributed by atoms with Gasteiger partial charge in [-0.05, 0) is 35.9 Å². The lowest BCUT2D eigenvalue weighted by molar-refractivity contribution is -0.121. The number of amides is 1. The predicted octanol–water partition coefficient (Wildman–Crippen LogP) is 1.89. The second kappa shape index (κ2) is 9.11. The topological polar surface area (TPSA) is 91.4 Å². The summed E-state index contributed by atoms with van der Waals surface area (Å²) in [5, 5.41) is 2.75. The number of halogens is 1. The van der Waals surface area contributed by atoms with E-state index in [-0.39, 0.29) is 23.8 Å². The third kappa shape index (κ3) is 6.08. The van der Waals surface area contributed by atoms with Crippen LogP contribution in [0.2, 0.25) is 0 Å². The average Bonchev–Trinajstić information content (AvgIpc) is 2.60. The number of sulfonamides is 1. The summed E-state index contributed by atoms with van der Waals surface area (Å²) in [6.45, 7) is 0.376. The Morgan fingerprint density at radius 2 is 1.85 bits per heavy atom. The van der Waals surface area contributed by atoms with Crippen molar-refractivity contribution in [3.05, 3.63) is 52.6 Å². The van der Waals surface area contributed by atoms with Crippen molar-refractivity contribution in [2.75, 3.05) is 25.5 Å². The number of carbonyl (C=O) groups is 1. The summed E-state index contributed by atoms with van der Waals surface area (Å²) in [5.41, 5.74) is 0.874. The maximum Gasteiger partial charge on any atom is 0.240 e. The lowest BCUT2D eigenvalue weighted by atomic mass is 10.2. The molecule has 7 nitrogen and oxygen atoms in total. The zero-order valence-corrected chi connectivity index (χ0v) is 17.0. The van der Waals surface area contributed by atoms with Crippen LogP contribution in [0.5, 0.6) is 0 Å². The van der Waals surface area contributed by atoms with Gasteiger partial charge in [-0.15, -0.1) is 0 Å². The van der Waals surface area contributed by atoms with Gasteiger partial charge in [-0.25, -0.2) is 18.1 Å². The van der Waals surface area contributed by atoms with Crippen molar-refractivity contribution in [1.82, 2.24) is 15.0 Å². The molecule has 0 fully saturated rings. The Kier molecular flexibility index (Phi) is 7.13. The van der Waals surface area contributed by atoms with Crippen molar-refractivity contribution in [1.29, 1.82) is 0 Å². The van der Waals surface area contributed by atoms with E-state index in [9.17, 15) is 13.2 Å². The minimum atomic E-state index is -3.62. The molecule has 9 heteroatoms. The van der Waals surface area contributed by atoms with Crippen molar-refractivity contribution in [2.45, 2.75) is 17.9 Å². The number of pyridine rings is 1. The SMILES string of the molecule is CN(C)c1ccc(CNC(=O)CCNS(=O)(=O)c2ccc(Br)cc2)cn1. The number of rotatable bonds is 8. The molecule has 0 saturated carbocycles. The van der Waals surface area contributed by atoms with Gasteiger partial charge >= 0.3 is 0 Å². The van der Waals surface area contributed by atoms with Crippen LogP contribution in [-0.2, 0) is 21.4 Å². The van der Waals surface area contributed by atoms with Crippen LogP contribution in [0.1, 0.15) is 12.0 Å². The van der Waals surface area contributed by atoms with Crippen LogP contribution in [0.15, 0.2) is 52.0 Å². The van der Waals surface area contributed by atoms with Gasteiger partial charge in [0.1, 0.15) is 5.82 Å². The molecule has 1 heterocycles. The fourth-order valence-corrected chi connectivity index (χ4v) is 3.37. The monoisotopic (exact) mass is 440 g/mol. The molecule has 140 valence electrons. The molecular weight excluding hydrogens is 420 g/mol. The van der Waals surface area contributed by atoms with Crippen LogP contribution < -0.4 is 14.9 Å². The molecule has 1 aromatic heterocycles. The number of hydrogen-bond acceptors (Lipinski definition) is 5. The molecule has 0 radical (unpaired) electrons. The molecule has 1 aromatic carbocycles. The Bertz CT molecular complexity index is 837. The molecular formula is C17H21BrN4O3S. The molecule has 0 aliphatic carbocycles. The highest BCUT2D eigenvalue weighted by molar-refractivity contribution is 9.10. The van der Waals surface area contributed by atoms with Gasteiger partial charge in [0.15, 0.2) is 0 Å². The summed E-state index contributed by atoms with van der Waals surface area (Å²) in [5.74, 6) is 0.600. The fraction of sp³-hybridized carbons (Fsp3) is 0.294. The van der Waals surface area contributed by atoms with Gasteiger partial charge in [0.05, 0.1) is 4.90 Å². The van der Waals surface area contributed by atoms with E-state index in [0.29, 0.717) is 6.54 Å². The second-order valence-corrected chi connectivity index (χ2v) is 8.48. The minimum Gasteiger partial charge on any atom is -0.363 e. The number of anilines is 1. The third-order valence-electron chi connectivity index (χ3n) is 3.53. The van der Waals surface area contributed by atoms with Crippen molar-refractivity contribution < 1.29 is 13.2 Å². The van der Waals surface area contributed by atoms with Gasteiger partial charge in [0.2, 0.25) is 15.9 Å². The first-order valence-corrected chi connectivity index (χ1v) is 10.2. The Morgan fingerprint density at radius 3 is 2.42 bits per heavy atom. The summed E-state index contributed by atoms with van der Waals surface area (Å²) >= 11 is 3.26. The summed E-state index contributed by atoms with van der Waals surface area (Å²) in [6.07, 6.45) is 1.75. The summed E-state index contributed by atoms with van der Waals surface area (Å²) in [6, 6.07) is 10.0. The van der Waals surface area contributed by atoms with Gasteiger partial charge in [-0.1, -0.05) is 22.0 Å². The quantitative estimate of drug-likeness (QED) is 0.653. The predicted molar refractivity (Wildman–Crippen MR) is 104 cm³/mol. The summed E-state index contributed by atoms with van der Waals surface area (Å²) in [4.78, 5) is 18.2. The van der Waals surface area contributed by atoms with Crippen LogP contribution in [0.3, 0.4) is 0 Å². The smallest absolute Gasteiger partial charge is 0.240 e. The maximum atomic E-state index is 12.1. The number of benzene rings is 1. The molecule has 0 spiro atoms. The van der Waals surface area contributed by atoms with E-state index >= 15 is 0 Å². The molecule has 0 unspecified atom stereocenters. The first kappa shape index (κ1) is 20.3. The fourth-order valence-electron chi connectivity index (χ4n) is 2.07. The standard InChI is InChI=1S/C17H21BrN4O3S/c1-22(2)16-8-3-13(11-19-16)12-20-17(23)9-10-21-26(24,25)15-6-4-14(18)5-7-15/h3-8,11,21H,9-10,12H2,1-2H3,(H,20,23). The van der Waals surface area contributed by atoms with E-state index in [0.717, 1.165) is 15.9 Å². The highest BCUT2D eigenvalue weighted by Crippen LogP contribution is 2.14. The maximum absolute atomic E-state index is 12.1. The lowest BCUT2D eigenvalue weighted by Crippen LogP contribution is -2.30. The van der Waals surface area contributed by atoms with E-state index in [2.05, 4.69) is 31.0 Å². The highest BCUT2D eigenvalue weighted by atomic mass is 79.9. The molecule has 2 rings (SSSR count). The molecule has 0 aliphatic heterocycles. The zero-order valence-electron chi connectivity index (χ0n) is 14.6. The number of hydrogen-bond donors (Lipinski definition) is 2. The van der Waals surface area contributed by atoms with Crippen LogP contribution in [0.4, 0.5) is 5.82 Å². The van der Waals surface area contributed by atoms with Crippen LogP contribution >= 0.6 is 15.9 Å². The van der Waals surface area contributed by atoms with Crippen molar-refractivity contribution in [3.8, 4) is 0 Å². The van der Waals surface area contributed by atoms with Crippen LogP contribution in [0.25, 0.3) is 0 Å². The first-order chi connectivity index (χ1) is 12.3. The molecule has 26 heavy (non-hydrogen) atoms. The summed E-state index contributed by atoms with van der Waals surface area (Å²) in [7, 11) is 0.186. The van der Waals surface area contributed by atoms with Crippen molar-refractivity contribution in [3.63, 3.8) is 0 Å². The van der Waals surface area contributed by atoms with Gasteiger partial charge in [-0.2, -0.15) is 0 Å². The van der Waals surface area contributed by atoms with E-state index in [1.807, 2.05) is 31.1 Å². The lowest BCUT2D eigenvalue weighted by Gasteiger charge is -2.11. The molecule has 0 atom stereocenters. The Balaban J connectivity index is 1.77. The number of carbonyl (C=O) groups excluding carboxylic acids is 1. The molecule has 0 bridgehead atoms. The Hall–Kier alpha value is -1.97. The van der Waals surface area contributed by atoms with Crippen molar-refractivity contribution in [2.24, 2.45) is 0 Å². The minimum absolute atomic E-state index is 0.0298. The first-order valence-electron chi connectivity index (χ1n) is 7.92. The van der Waals surface area contributed by atoms with E-state index < -0.39 is 10.0 Å². The number of nitrogens with zero attached hydrogens (tertiary/aromatic N) is 2. The summed E-state index contributed by atoms with van der Waals surface area (Å²) < 4.78 is 27.5. The van der Waals surface area contributed by atoms with Crippen LogP contribution in [0, 0.1) is 0 Å². The highest BCUT2D eigenvalue weighted by Gasteiger charge is 2.13. The van der Waals surface area contributed by atoms with Crippen LogP contribution in [-0.4, -0.2) is 39.9 Å². The Morgan fingerprint density at radius 1 is 1.15 bits per heavy atom. The van der Waals surface area contributed by atoms with E-state index in [1.54, 1.807) is 18.3 Å².